The monoisotopic (exact) mass is 322 g/mol. The number of thiophene rings is 1. The molecule has 6 nitrogen and oxygen atoms in total. The molecule has 23 heavy (non-hydrogen) atoms. The highest BCUT2D eigenvalue weighted by Crippen LogP contribution is 2.30. The minimum Gasteiger partial charge on any atom is -0.365 e. The zero-order valence-corrected chi connectivity index (χ0v) is 13.3. The topological polar surface area (TPSA) is 68.5 Å². The maximum Gasteiger partial charge on any atom is 0.255 e. The largest absolute Gasteiger partial charge is 0.365 e. The van der Waals surface area contributed by atoms with Crippen LogP contribution in [0, 0.1) is 6.92 Å². The Morgan fingerprint density at radius 1 is 1.17 bits per heavy atom. The second-order valence-corrected chi connectivity index (χ2v) is 6.01. The first-order chi connectivity index (χ1) is 11.3. The van der Waals surface area contributed by atoms with Gasteiger partial charge in [-0.1, -0.05) is 30.3 Å². The third-order valence-corrected chi connectivity index (χ3v) is 4.52. The van der Waals surface area contributed by atoms with E-state index in [1.165, 1.54) is 17.5 Å². The minimum absolute atomic E-state index is 0.521. The van der Waals surface area contributed by atoms with Gasteiger partial charge in [0, 0.05) is 6.54 Å². The van der Waals surface area contributed by atoms with Crippen LogP contribution in [0.25, 0.3) is 16.2 Å². The molecule has 0 saturated carbocycles. The summed E-state index contributed by atoms with van der Waals surface area (Å²) < 4.78 is 1.57. The van der Waals surface area contributed by atoms with Crippen molar-refractivity contribution in [3.63, 3.8) is 0 Å². The van der Waals surface area contributed by atoms with E-state index in [9.17, 15) is 0 Å². The summed E-state index contributed by atoms with van der Waals surface area (Å²) in [6.45, 7) is 2.78. The van der Waals surface area contributed by atoms with Crippen molar-refractivity contribution in [1.29, 1.82) is 0 Å². The molecule has 3 heterocycles. The number of aryl methyl sites for hydroxylation is 1. The number of hydrogen-bond donors (Lipinski definition) is 1. The van der Waals surface area contributed by atoms with E-state index < -0.39 is 0 Å². The highest BCUT2D eigenvalue weighted by molar-refractivity contribution is 7.17. The number of fused-ring (bicyclic) bond motifs is 1. The molecule has 7 heteroatoms. The lowest BCUT2D eigenvalue weighted by atomic mass is 10.2. The van der Waals surface area contributed by atoms with Crippen molar-refractivity contribution in [2.45, 2.75) is 13.5 Å². The lowest BCUT2D eigenvalue weighted by Gasteiger charge is -2.09. The van der Waals surface area contributed by atoms with Crippen LogP contribution in [0.15, 0.2) is 48.4 Å². The van der Waals surface area contributed by atoms with Gasteiger partial charge in [0.15, 0.2) is 0 Å². The van der Waals surface area contributed by atoms with Gasteiger partial charge in [-0.3, -0.25) is 0 Å². The molecule has 4 aromatic rings. The maximum atomic E-state index is 4.64. The number of aromatic nitrogens is 5. The van der Waals surface area contributed by atoms with E-state index in [1.54, 1.807) is 22.3 Å². The first-order valence-corrected chi connectivity index (χ1v) is 8.08. The molecule has 3 aromatic heterocycles. The Bertz CT molecular complexity index is 930. The fourth-order valence-electron chi connectivity index (χ4n) is 2.40. The molecule has 0 radical (unpaired) electrons. The lowest BCUT2D eigenvalue weighted by Crippen LogP contribution is -2.07. The molecule has 114 valence electrons. The molecule has 0 amide bonds. The Labute approximate surface area is 136 Å². The van der Waals surface area contributed by atoms with Crippen molar-refractivity contribution in [1.82, 2.24) is 24.7 Å². The summed E-state index contributed by atoms with van der Waals surface area (Å²) in [5.74, 6) is 1.34. The summed E-state index contributed by atoms with van der Waals surface area (Å²) in [5, 5.41) is 10.7. The second-order valence-electron chi connectivity index (χ2n) is 5.15. The van der Waals surface area contributed by atoms with Crippen molar-refractivity contribution in [3.05, 3.63) is 59.5 Å². The molecule has 0 unspecified atom stereocenters. The van der Waals surface area contributed by atoms with Crippen LogP contribution in [0.2, 0.25) is 0 Å². The molecular weight excluding hydrogens is 308 g/mol. The molecule has 0 aliphatic rings. The van der Waals surface area contributed by atoms with Gasteiger partial charge < -0.3 is 5.32 Å². The van der Waals surface area contributed by atoms with Crippen LogP contribution in [-0.4, -0.2) is 24.7 Å². The van der Waals surface area contributed by atoms with E-state index in [2.05, 4.69) is 49.8 Å². The minimum atomic E-state index is 0.521. The molecule has 1 aromatic carbocycles. The van der Waals surface area contributed by atoms with Gasteiger partial charge in [-0.2, -0.15) is 19.7 Å². The number of nitrogens with zero attached hydrogens (tertiary/aromatic N) is 5. The summed E-state index contributed by atoms with van der Waals surface area (Å²) in [6.07, 6.45) is 3.08. The summed E-state index contributed by atoms with van der Waals surface area (Å²) >= 11 is 1.61. The predicted molar refractivity (Wildman–Crippen MR) is 90.8 cm³/mol. The van der Waals surface area contributed by atoms with E-state index in [4.69, 9.17) is 0 Å². The Hall–Kier alpha value is -2.80. The molecule has 0 aliphatic carbocycles. The molecule has 1 N–H and O–H groups in total. The quantitative estimate of drug-likeness (QED) is 0.625. The Morgan fingerprint density at radius 3 is 2.83 bits per heavy atom. The molecule has 0 saturated heterocycles. The normalized spacial score (nSPS) is 11.0. The summed E-state index contributed by atoms with van der Waals surface area (Å²) in [6, 6.07) is 10.2. The van der Waals surface area contributed by atoms with Crippen LogP contribution in [0.1, 0.15) is 11.1 Å². The standard InChI is InChI=1S/C16H14N6S/c1-11-8-23-15-13(11)14(18-7-12-5-3-2-4-6-12)20-16(21-15)22-10-17-9-19-22/h2-6,8-10H,7H2,1H3,(H,18,20,21). The fourth-order valence-corrected chi connectivity index (χ4v) is 3.31. The van der Waals surface area contributed by atoms with Gasteiger partial charge in [0.05, 0.1) is 5.39 Å². The zero-order chi connectivity index (χ0) is 15.6. The Kier molecular flexibility index (Phi) is 3.47. The van der Waals surface area contributed by atoms with Crippen molar-refractivity contribution in [2.24, 2.45) is 0 Å². The average molecular weight is 322 g/mol. The maximum absolute atomic E-state index is 4.64. The van der Waals surface area contributed by atoms with Crippen LogP contribution in [0.3, 0.4) is 0 Å². The average Bonchev–Trinajstić information content (AvgIpc) is 3.24. The van der Waals surface area contributed by atoms with E-state index >= 15 is 0 Å². The van der Waals surface area contributed by atoms with Crippen LogP contribution < -0.4 is 5.32 Å². The van der Waals surface area contributed by atoms with Gasteiger partial charge >= 0.3 is 0 Å². The SMILES string of the molecule is Cc1csc2nc(-n3cncn3)nc(NCc3ccccc3)c12. The van der Waals surface area contributed by atoms with Crippen LogP contribution in [0.5, 0.6) is 0 Å². The van der Waals surface area contributed by atoms with Crippen molar-refractivity contribution >= 4 is 27.4 Å². The number of nitrogens with one attached hydrogen (secondary N) is 1. The first-order valence-electron chi connectivity index (χ1n) is 7.20. The summed E-state index contributed by atoms with van der Waals surface area (Å²) in [4.78, 5) is 14.1. The van der Waals surface area contributed by atoms with Crippen LogP contribution >= 0.6 is 11.3 Å². The molecule has 4 rings (SSSR count). The van der Waals surface area contributed by atoms with Crippen LogP contribution in [0.4, 0.5) is 5.82 Å². The van der Waals surface area contributed by atoms with E-state index in [0.717, 1.165) is 16.0 Å². The Balaban J connectivity index is 1.75. The van der Waals surface area contributed by atoms with Gasteiger partial charge in [0.1, 0.15) is 23.3 Å². The third-order valence-electron chi connectivity index (χ3n) is 3.53. The van der Waals surface area contributed by atoms with E-state index in [1.807, 2.05) is 18.2 Å². The predicted octanol–water partition coefficient (Wildman–Crippen LogP) is 3.19. The smallest absolute Gasteiger partial charge is 0.255 e. The van der Waals surface area contributed by atoms with Crippen LogP contribution in [-0.2, 0) is 6.54 Å². The lowest BCUT2D eigenvalue weighted by molar-refractivity contribution is 0.815. The van der Waals surface area contributed by atoms with Gasteiger partial charge in [0.25, 0.3) is 5.95 Å². The van der Waals surface area contributed by atoms with Gasteiger partial charge in [0.2, 0.25) is 0 Å². The summed E-state index contributed by atoms with van der Waals surface area (Å²) in [5.41, 5.74) is 2.38. The number of rotatable bonds is 4. The van der Waals surface area contributed by atoms with Crippen molar-refractivity contribution in [3.8, 4) is 5.95 Å². The molecular formula is C16H14N6S. The molecule has 0 aliphatic heterocycles. The van der Waals surface area contributed by atoms with Crippen molar-refractivity contribution < 1.29 is 0 Å². The molecule has 0 fully saturated rings. The second kappa shape index (κ2) is 5.77. The fraction of sp³-hybridized carbons (Fsp3) is 0.125. The van der Waals surface area contributed by atoms with Gasteiger partial charge in [-0.05, 0) is 23.4 Å². The van der Waals surface area contributed by atoms with E-state index in [0.29, 0.717) is 12.5 Å². The Morgan fingerprint density at radius 2 is 2.04 bits per heavy atom. The molecule has 0 bridgehead atoms. The highest BCUT2D eigenvalue weighted by Gasteiger charge is 2.13. The third kappa shape index (κ3) is 2.66. The number of hydrogen-bond acceptors (Lipinski definition) is 6. The molecule has 0 spiro atoms. The summed E-state index contributed by atoms with van der Waals surface area (Å²) in [7, 11) is 0. The zero-order valence-electron chi connectivity index (χ0n) is 12.5. The molecule has 0 atom stereocenters. The van der Waals surface area contributed by atoms with Gasteiger partial charge in [-0.25, -0.2) is 4.98 Å². The van der Waals surface area contributed by atoms with E-state index in [-0.39, 0.29) is 0 Å². The first kappa shape index (κ1) is 13.8. The number of anilines is 1. The van der Waals surface area contributed by atoms with Crippen molar-refractivity contribution in [2.75, 3.05) is 5.32 Å². The number of benzene rings is 1. The highest BCUT2D eigenvalue weighted by atomic mass is 32.1. The van der Waals surface area contributed by atoms with Gasteiger partial charge in [-0.15, -0.1) is 11.3 Å².